The van der Waals surface area contributed by atoms with Crippen molar-refractivity contribution in [3.8, 4) is 5.75 Å². The molecule has 3 N–H and O–H groups in total. The van der Waals surface area contributed by atoms with Gasteiger partial charge in [-0.15, -0.1) is 11.8 Å². The van der Waals surface area contributed by atoms with E-state index in [2.05, 4.69) is 27.8 Å². The third-order valence-electron chi connectivity index (χ3n) is 4.08. The molecule has 0 atom stereocenters. The maximum absolute atomic E-state index is 13.9. The minimum Gasteiger partial charge on any atom is -0.484 e. The molecule has 2 heterocycles. The summed E-state index contributed by atoms with van der Waals surface area (Å²) in [5, 5.41) is 14.4. The molecule has 0 saturated carbocycles. The topological polar surface area (TPSA) is 70.0 Å². The summed E-state index contributed by atoms with van der Waals surface area (Å²) < 4.78 is 19.6. The molecule has 2 aromatic rings. The number of hydrogen-bond donors (Lipinski definition) is 3. The van der Waals surface area contributed by atoms with Crippen LogP contribution in [0.5, 0.6) is 5.75 Å². The number of pyridine rings is 1. The summed E-state index contributed by atoms with van der Waals surface area (Å²) in [5.74, 6) is 0.980. The zero-order chi connectivity index (χ0) is 19.2. The minimum atomic E-state index is -0.476. The van der Waals surface area contributed by atoms with Gasteiger partial charge in [0.25, 0.3) is 0 Å². The van der Waals surface area contributed by atoms with Crippen LogP contribution in [0.25, 0.3) is 0 Å². The first kappa shape index (κ1) is 19.4. The Morgan fingerprint density at radius 1 is 1.33 bits per heavy atom. The molecule has 0 amide bonds. The van der Waals surface area contributed by atoms with Gasteiger partial charge in [-0.1, -0.05) is 30.3 Å². The normalized spacial score (nSPS) is 14.9. The summed E-state index contributed by atoms with van der Waals surface area (Å²) in [7, 11) is 0. The molecular weight excluding hydrogens is 363 g/mol. The van der Waals surface area contributed by atoms with Crippen molar-refractivity contribution in [3.63, 3.8) is 0 Å². The Morgan fingerprint density at radius 2 is 2.07 bits per heavy atom. The monoisotopic (exact) mass is 386 g/mol. The lowest BCUT2D eigenvalue weighted by Gasteiger charge is -2.28. The second-order valence-electron chi connectivity index (χ2n) is 6.38. The molecule has 5 nitrogen and oxygen atoms in total. The van der Waals surface area contributed by atoms with Crippen LogP contribution in [0.4, 0.5) is 10.2 Å². The Hall–Kier alpha value is -2.38. The summed E-state index contributed by atoms with van der Waals surface area (Å²) in [6.07, 6.45) is 1.15. The number of halogens is 1. The molecule has 1 aliphatic heterocycles. The van der Waals surface area contributed by atoms with E-state index in [1.165, 1.54) is 5.56 Å². The predicted octanol–water partition coefficient (Wildman–Crippen LogP) is 4.19. The number of ether oxygens (including phenoxy) is 1. The van der Waals surface area contributed by atoms with Gasteiger partial charge in [-0.3, -0.25) is 0 Å². The number of hydrogen-bond acceptors (Lipinski definition) is 6. The number of aromatic nitrogens is 1. The second-order valence-corrected chi connectivity index (χ2v) is 7.36. The predicted molar refractivity (Wildman–Crippen MR) is 109 cm³/mol. The van der Waals surface area contributed by atoms with E-state index in [0.29, 0.717) is 11.5 Å². The van der Waals surface area contributed by atoms with Gasteiger partial charge in [0.1, 0.15) is 11.9 Å². The molecule has 0 aliphatic carbocycles. The molecule has 0 radical (unpaired) electrons. The third kappa shape index (κ3) is 5.30. The van der Waals surface area contributed by atoms with E-state index < -0.39 is 5.82 Å². The summed E-state index contributed by atoms with van der Waals surface area (Å²) >= 11 is 1.59. The van der Waals surface area contributed by atoms with Gasteiger partial charge >= 0.3 is 0 Å². The van der Waals surface area contributed by atoms with Gasteiger partial charge in [-0.2, -0.15) is 0 Å². The number of rotatable bonds is 8. The average molecular weight is 386 g/mol. The van der Waals surface area contributed by atoms with E-state index in [4.69, 9.17) is 10.1 Å². The van der Waals surface area contributed by atoms with Crippen molar-refractivity contribution in [2.75, 3.05) is 18.4 Å². The Morgan fingerprint density at radius 3 is 2.70 bits per heavy atom. The molecule has 0 unspecified atom stereocenters. The maximum Gasteiger partial charge on any atom is 0.183 e. The summed E-state index contributed by atoms with van der Waals surface area (Å²) in [6, 6.07) is 11.7. The van der Waals surface area contributed by atoms with E-state index in [0.717, 1.165) is 35.6 Å². The lowest BCUT2D eigenvalue weighted by atomic mass is 10.2. The van der Waals surface area contributed by atoms with E-state index in [1.54, 1.807) is 24.8 Å². The summed E-state index contributed by atoms with van der Waals surface area (Å²) in [6.45, 7) is 5.09. The van der Waals surface area contributed by atoms with Gasteiger partial charge < -0.3 is 20.8 Å². The molecule has 7 heteroatoms. The zero-order valence-electron chi connectivity index (χ0n) is 15.4. The molecule has 1 aliphatic rings. The number of thioether (sulfide) groups is 1. The number of anilines is 1. The van der Waals surface area contributed by atoms with Gasteiger partial charge in [0.2, 0.25) is 0 Å². The highest BCUT2D eigenvalue weighted by atomic mass is 32.2. The van der Waals surface area contributed by atoms with Crippen LogP contribution in [-0.4, -0.2) is 29.9 Å². The summed E-state index contributed by atoms with van der Waals surface area (Å²) in [5.41, 5.74) is 2.47. The van der Waals surface area contributed by atoms with E-state index in [-0.39, 0.29) is 11.9 Å². The first-order valence-electron chi connectivity index (χ1n) is 8.76. The number of allylic oxidation sites excluding steroid dienone is 2. The van der Waals surface area contributed by atoms with Gasteiger partial charge in [0, 0.05) is 41.2 Å². The fraction of sp³-hybridized carbons (Fsp3) is 0.300. The van der Waals surface area contributed by atoms with Crippen molar-refractivity contribution in [2.45, 2.75) is 25.7 Å². The SMILES string of the molecule is CC(=N)/C(SCc1ccccc1)=C(/C)Nc1cc(OC2CNC2)c(F)cn1. The van der Waals surface area contributed by atoms with Gasteiger partial charge in [-0.25, -0.2) is 9.37 Å². The van der Waals surface area contributed by atoms with Crippen LogP contribution in [0, 0.1) is 11.2 Å². The Bertz CT molecular complexity index is 837. The molecular formula is C20H23FN4OS. The van der Waals surface area contributed by atoms with Gasteiger partial charge in [-0.05, 0) is 19.4 Å². The highest BCUT2D eigenvalue weighted by molar-refractivity contribution is 8.03. The first-order chi connectivity index (χ1) is 13.0. The van der Waals surface area contributed by atoms with E-state index >= 15 is 0 Å². The summed E-state index contributed by atoms with van der Waals surface area (Å²) in [4.78, 5) is 4.94. The van der Waals surface area contributed by atoms with Crippen LogP contribution in [0.3, 0.4) is 0 Å². The van der Waals surface area contributed by atoms with Gasteiger partial charge in [0.15, 0.2) is 11.6 Å². The van der Waals surface area contributed by atoms with Crippen LogP contribution in [0.15, 0.2) is 53.2 Å². The first-order valence-corrected chi connectivity index (χ1v) is 9.74. The van der Waals surface area contributed by atoms with Crippen LogP contribution in [0.1, 0.15) is 19.4 Å². The quantitative estimate of drug-likeness (QED) is 0.594. The molecule has 142 valence electrons. The molecule has 1 aromatic carbocycles. The van der Waals surface area contributed by atoms with Crippen molar-refractivity contribution in [2.24, 2.45) is 0 Å². The fourth-order valence-electron chi connectivity index (χ4n) is 2.58. The minimum absolute atomic E-state index is 0.00722. The Kier molecular flexibility index (Phi) is 6.47. The standard InChI is InChI=1S/C20H23FN4OS/c1-13(22)20(27-12-15-6-4-3-5-7-15)14(2)25-19-8-18(17(21)11-24-19)26-16-9-23-10-16/h3-8,11,16,22-23H,9-10,12H2,1-2H3,(H,24,25)/b20-14+,22-13?. The Labute approximate surface area is 162 Å². The van der Waals surface area contributed by atoms with Crippen LogP contribution in [0.2, 0.25) is 0 Å². The van der Waals surface area contributed by atoms with Crippen LogP contribution >= 0.6 is 11.8 Å². The lowest BCUT2D eigenvalue weighted by Crippen LogP contribution is -2.50. The van der Waals surface area contributed by atoms with E-state index in [1.807, 2.05) is 25.1 Å². The lowest BCUT2D eigenvalue weighted by molar-refractivity contribution is 0.136. The average Bonchev–Trinajstić information content (AvgIpc) is 2.61. The van der Waals surface area contributed by atoms with Crippen molar-refractivity contribution in [1.29, 1.82) is 5.41 Å². The molecule has 27 heavy (non-hydrogen) atoms. The molecule has 0 bridgehead atoms. The molecule has 1 fully saturated rings. The van der Waals surface area contributed by atoms with Gasteiger partial charge in [0.05, 0.1) is 6.20 Å². The molecule has 3 rings (SSSR count). The Balaban J connectivity index is 1.72. The number of nitrogens with one attached hydrogen (secondary N) is 3. The molecule has 0 spiro atoms. The zero-order valence-corrected chi connectivity index (χ0v) is 16.2. The van der Waals surface area contributed by atoms with Crippen molar-refractivity contribution in [3.05, 3.63) is 64.6 Å². The maximum atomic E-state index is 13.9. The number of nitrogens with zero attached hydrogens (tertiary/aromatic N) is 1. The highest BCUT2D eigenvalue weighted by Gasteiger charge is 2.20. The van der Waals surface area contributed by atoms with Crippen LogP contribution in [-0.2, 0) is 5.75 Å². The smallest absolute Gasteiger partial charge is 0.183 e. The largest absolute Gasteiger partial charge is 0.484 e. The van der Waals surface area contributed by atoms with Crippen LogP contribution < -0.4 is 15.4 Å². The van der Waals surface area contributed by atoms with Crippen molar-refractivity contribution >= 4 is 23.3 Å². The fourth-order valence-corrected chi connectivity index (χ4v) is 3.57. The molecule has 1 saturated heterocycles. The van der Waals surface area contributed by atoms with Crippen molar-refractivity contribution in [1.82, 2.24) is 10.3 Å². The number of benzene rings is 1. The second kappa shape index (κ2) is 9.01. The highest BCUT2D eigenvalue weighted by Crippen LogP contribution is 2.27. The van der Waals surface area contributed by atoms with E-state index in [9.17, 15) is 4.39 Å². The third-order valence-corrected chi connectivity index (χ3v) is 5.46. The molecule has 1 aromatic heterocycles. The van der Waals surface area contributed by atoms with Crippen molar-refractivity contribution < 1.29 is 9.13 Å².